The summed E-state index contributed by atoms with van der Waals surface area (Å²) >= 11 is 0. The lowest BCUT2D eigenvalue weighted by molar-refractivity contribution is -0.702. The molecule has 170 valence electrons. The first kappa shape index (κ1) is 23.4. The lowest BCUT2D eigenvalue weighted by Crippen LogP contribution is -2.44. The van der Waals surface area contributed by atoms with E-state index in [1.54, 1.807) is 30.3 Å². The highest BCUT2D eigenvalue weighted by molar-refractivity contribution is 5.81. The summed E-state index contributed by atoms with van der Waals surface area (Å²) < 4.78 is 37.4. The number of carbonyl (C=O) groups excluding carboxylic acids is 1. The van der Waals surface area contributed by atoms with Crippen LogP contribution in [0.15, 0.2) is 42.7 Å². The lowest BCUT2D eigenvalue weighted by atomic mass is 9.80. The van der Waals surface area contributed by atoms with E-state index in [0.717, 1.165) is 25.2 Å². The number of benzene rings is 1. The van der Waals surface area contributed by atoms with Crippen LogP contribution in [0.1, 0.15) is 56.8 Å². The zero-order valence-corrected chi connectivity index (χ0v) is 18.4. The molecule has 1 fully saturated rings. The van der Waals surface area contributed by atoms with E-state index >= 15 is 0 Å². The highest BCUT2D eigenvalue weighted by atomic mass is 19.3. The molecule has 0 radical (unpaired) electrons. The number of esters is 1. The van der Waals surface area contributed by atoms with Gasteiger partial charge >= 0.3 is 5.97 Å². The lowest BCUT2D eigenvalue weighted by Gasteiger charge is -2.32. The van der Waals surface area contributed by atoms with Crippen molar-refractivity contribution in [3.8, 4) is 0 Å². The van der Waals surface area contributed by atoms with Gasteiger partial charge in [-0.1, -0.05) is 43.7 Å². The highest BCUT2D eigenvalue weighted by Crippen LogP contribution is 2.47. The molecule has 0 spiro atoms. The molecule has 0 bridgehead atoms. The molecule has 0 unspecified atom stereocenters. The number of aryl methyl sites for hydroxylation is 2. The van der Waals surface area contributed by atoms with Crippen LogP contribution in [-0.4, -0.2) is 28.2 Å². The van der Waals surface area contributed by atoms with Gasteiger partial charge in [-0.3, -0.25) is 0 Å². The minimum absolute atomic E-state index is 0.0772. The number of halogens is 2. The first-order valence-corrected chi connectivity index (χ1v) is 11.2. The largest absolute Gasteiger partial charge is 0.463 e. The first-order valence-electron chi connectivity index (χ1n) is 11.2. The normalized spacial score (nSPS) is 19.8. The third-order valence-electron chi connectivity index (χ3n) is 6.31. The molecule has 1 aromatic heterocycles. The second-order valence-corrected chi connectivity index (χ2v) is 8.50. The Morgan fingerprint density at radius 1 is 1.32 bits per heavy atom. The maximum atomic E-state index is 13.8. The van der Waals surface area contributed by atoms with Gasteiger partial charge in [0.25, 0.3) is 5.82 Å². The smallest absolute Gasteiger partial charge is 0.343 e. The van der Waals surface area contributed by atoms with Crippen LogP contribution in [-0.2, 0) is 28.2 Å². The minimum Gasteiger partial charge on any atom is -0.463 e. The maximum Gasteiger partial charge on any atom is 0.343 e. The summed E-state index contributed by atoms with van der Waals surface area (Å²) in [6, 6.07) is 8.31. The molecule has 2 atom stereocenters. The number of aromatic nitrogens is 2. The van der Waals surface area contributed by atoms with Crippen molar-refractivity contribution < 1.29 is 28.0 Å². The second kappa shape index (κ2) is 9.90. The zero-order valence-electron chi connectivity index (χ0n) is 18.4. The number of hydrogen-bond acceptors (Lipinski definition) is 3. The van der Waals surface area contributed by atoms with E-state index in [1.807, 2.05) is 12.4 Å². The van der Waals surface area contributed by atoms with E-state index in [0.29, 0.717) is 18.5 Å². The number of carbonyl (C=O) groups is 1. The van der Waals surface area contributed by atoms with Crippen LogP contribution in [0.3, 0.4) is 0 Å². The Morgan fingerprint density at radius 3 is 2.71 bits per heavy atom. The molecule has 0 aliphatic heterocycles. The Bertz CT molecular complexity index is 869. The van der Waals surface area contributed by atoms with E-state index < -0.39 is 29.8 Å². The van der Waals surface area contributed by atoms with E-state index in [4.69, 9.17) is 4.74 Å². The van der Waals surface area contributed by atoms with Crippen molar-refractivity contribution in [2.75, 3.05) is 6.61 Å². The molecule has 5 nitrogen and oxygen atoms in total. The minimum atomic E-state index is -2.87. The molecular weight excluding hydrogens is 402 g/mol. The average molecular weight is 436 g/mol. The molecule has 1 N–H and O–H groups in total. The molecule has 1 saturated carbocycles. The summed E-state index contributed by atoms with van der Waals surface area (Å²) in [4.78, 5) is 12.9. The van der Waals surface area contributed by atoms with Gasteiger partial charge < -0.3 is 9.84 Å². The number of imidazole rings is 1. The van der Waals surface area contributed by atoms with Gasteiger partial charge in [0.05, 0.1) is 19.7 Å². The predicted octanol–water partition coefficient (Wildman–Crippen LogP) is 4.14. The van der Waals surface area contributed by atoms with Crippen LogP contribution in [0, 0.1) is 12.8 Å². The predicted molar refractivity (Wildman–Crippen MR) is 112 cm³/mol. The highest BCUT2D eigenvalue weighted by Gasteiger charge is 2.54. The molecule has 0 saturated heterocycles. The Hall–Kier alpha value is -2.28. The third-order valence-corrected chi connectivity index (χ3v) is 6.31. The van der Waals surface area contributed by atoms with Crippen LogP contribution in [0.5, 0.6) is 0 Å². The summed E-state index contributed by atoms with van der Waals surface area (Å²) in [6.07, 6.45) is 6.10. The Kier molecular flexibility index (Phi) is 7.46. The second-order valence-electron chi connectivity index (χ2n) is 8.50. The Balaban J connectivity index is 1.62. The monoisotopic (exact) mass is 435 g/mol. The molecule has 7 heteroatoms. The fourth-order valence-electron chi connectivity index (χ4n) is 4.37. The van der Waals surface area contributed by atoms with Crippen LogP contribution >= 0.6 is 0 Å². The Labute approximate surface area is 182 Å². The van der Waals surface area contributed by atoms with Gasteiger partial charge in [-0.2, -0.15) is 0 Å². The number of ether oxygens (including phenoxy) is 1. The van der Waals surface area contributed by atoms with Crippen molar-refractivity contribution in [3.05, 3.63) is 54.1 Å². The van der Waals surface area contributed by atoms with Gasteiger partial charge in [0.2, 0.25) is 5.92 Å². The molecule has 1 aromatic carbocycles. The van der Waals surface area contributed by atoms with Crippen molar-refractivity contribution in [3.63, 3.8) is 0 Å². The quantitative estimate of drug-likeness (QED) is 0.347. The summed E-state index contributed by atoms with van der Waals surface area (Å²) in [7, 11) is 0. The standard InChI is InChI=1S/C24H33F2N2O3/c1-3-4-13-27-15-16-28(19(27)2)14-8-17-31-22(29)24(30,20-9-6-5-7-10-20)21-11-12-23(25,26)18-21/h5-7,9-10,15-16,21,30H,3-4,8,11-14,17-18H2,1-2H3/q+1/t21-,24-/m0/s1. The van der Waals surface area contributed by atoms with E-state index in [9.17, 15) is 18.7 Å². The topological polar surface area (TPSA) is 55.3 Å². The molecule has 0 amide bonds. The molecular formula is C24H33F2N2O3+. The molecule has 1 aliphatic carbocycles. The van der Waals surface area contributed by atoms with Crippen LogP contribution < -0.4 is 4.57 Å². The third kappa shape index (κ3) is 5.32. The van der Waals surface area contributed by atoms with Gasteiger partial charge in [-0.25, -0.2) is 22.7 Å². The molecule has 1 aliphatic rings. The van der Waals surface area contributed by atoms with E-state index in [1.165, 1.54) is 0 Å². The number of rotatable bonds is 10. The fraction of sp³-hybridized carbons (Fsp3) is 0.583. The summed E-state index contributed by atoms with van der Waals surface area (Å²) in [5, 5.41) is 11.3. The average Bonchev–Trinajstić information content (AvgIpc) is 3.31. The molecule has 2 aromatic rings. The summed E-state index contributed by atoms with van der Waals surface area (Å²) in [5.41, 5.74) is -1.76. The fourth-order valence-corrected chi connectivity index (χ4v) is 4.37. The van der Waals surface area contributed by atoms with Gasteiger partial charge in [0.1, 0.15) is 12.4 Å². The van der Waals surface area contributed by atoms with E-state index in [-0.39, 0.29) is 19.4 Å². The number of unbranched alkanes of at least 4 members (excludes halogenated alkanes) is 1. The van der Waals surface area contributed by atoms with Crippen LogP contribution in [0.25, 0.3) is 0 Å². The number of hydrogen-bond donors (Lipinski definition) is 1. The van der Waals surface area contributed by atoms with Crippen LogP contribution in [0.2, 0.25) is 0 Å². The van der Waals surface area contributed by atoms with Gasteiger partial charge in [-0.15, -0.1) is 0 Å². The molecule has 1 heterocycles. The molecule has 31 heavy (non-hydrogen) atoms. The Morgan fingerprint density at radius 2 is 2.06 bits per heavy atom. The van der Waals surface area contributed by atoms with Crippen molar-refractivity contribution in [1.82, 2.24) is 4.57 Å². The van der Waals surface area contributed by atoms with Crippen LogP contribution in [0.4, 0.5) is 8.78 Å². The van der Waals surface area contributed by atoms with Crippen molar-refractivity contribution >= 4 is 5.97 Å². The van der Waals surface area contributed by atoms with Gasteiger partial charge in [0, 0.05) is 32.1 Å². The van der Waals surface area contributed by atoms with Crippen molar-refractivity contribution in [2.45, 2.75) is 77.0 Å². The zero-order chi connectivity index (χ0) is 22.5. The summed E-state index contributed by atoms with van der Waals surface area (Å²) in [5.74, 6) is -3.45. The van der Waals surface area contributed by atoms with Crippen molar-refractivity contribution in [2.24, 2.45) is 5.92 Å². The number of alkyl halides is 2. The van der Waals surface area contributed by atoms with Gasteiger partial charge in [-0.05, 0) is 18.4 Å². The van der Waals surface area contributed by atoms with Gasteiger partial charge in [0.15, 0.2) is 5.60 Å². The summed E-state index contributed by atoms with van der Waals surface area (Å²) in [6.45, 7) is 5.97. The van der Waals surface area contributed by atoms with Crippen molar-refractivity contribution in [1.29, 1.82) is 0 Å². The number of aliphatic hydroxyl groups is 1. The van der Waals surface area contributed by atoms with E-state index in [2.05, 4.69) is 23.0 Å². The molecule has 3 rings (SSSR count). The number of nitrogens with zero attached hydrogens (tertiary/aromatic N) is 2. The maximum absolute atomic E-state index is 13.8. The first-order chi connectivity index (χ1) is 14.8. The SMILES string of the molecule is CCCCn1cc[n+](CCCOC(=O)[C@](O)(c2ccccc2)[C@H]2CCC(F)(F)C2)c1C.